The van der Waals surface area contributed by atoms with Crippen LogP contribution in [0.15, 0.2) is 30.3 Å². The lowest BCUT2D eigenvalue weighted by Gasteiger charge is -2.28. The fourth-order valence-electron chi connectivity index (χ4n) is 3.14. The van der Waals surface area contributed by atoms with E-state index in [4.69, 9.17) is 0 Å². The summed E-state index contributed by atoms with van der Waals surface area (Å²) in [5, 5.41) is 3.24. The van der Waals surface area contributed by atoms with Crippen molar-refractivity contribution >= 4 is 28.2 Å². The van der Waals surface area contributed by atoms with Crippen molar-refractivity contribution in [3.63, 3.8) is 0 Å². The monoisotopic (exact) mass is 388 g/mol. The van der Waals surface area contributed by atoms with E-state index in [1.54, 1.807) is 4.90 Å². The van der Waals surface area contributed by atoms with Gasteiger partial charge in [0.2, 0.25) is 5.91 Å². The molecule has 0 aliphatic carbocycles. The van der Waals surface area contributed by atoms with Gasteiger partial charge in [-0.2, -0.15) is 0 Å². The Labute approximate surface area is 157 Å². The number of rotatable bonds is 9. The van der Waals surface area contributed by atoms with Crippen LogP contribution in [0.3, 0.4) is 0 Å². The van der Waals surface area contributed by atoms with Crippen LogP contribution in [0.2, 0.25) is 0 Å². The Balaban J connectivity index is 0.00000312. The van der Waals surface area contributed by atoms with Crippen LogP contribution >= 0.6 is 12.4 Å². The number of carbonyl (C=O) groups excluding carboxylic acids is 1. The first-order valence-electron chi connectivity index (χ1n) is 8.76. The SMILES string of the molecule is CCCN(C(=O)CS(=O)(=O)CCCc1ccccc1)C1CCNC1.Cl. The molecule has 7 heteroatoms. The number of nitrogens with one attached hydrogen (secondary N) is 1. The van der Waals surface area contributed by atoms with Gasteiger partial charge in [0.25, 0.3) is 0 Å². The standard InChI is InChI=1S/C18H28N2O3S.ClH/c1-2-12-20(17-10-11-19-14-17)18(21)15-24(22,23)13-6-9-16-7-4-3-5-8-16;/h3-5,7-8,17,19H,2,6,9-15H2,1H3;1H. The third kappa shape index (κ3) is 7.34. The maximum atomic E-state index is 12.5. The number of halogens is 1. The van der Waals surface area contributed by atoms with Crippen LogP contribution in [0, 0.1) is 0 Å². The number of nitrogens with zero attached hydrogens (tertiary/aromatic N) is 1. The van der Waals surface area contributed by atoms with E-state index in [-0.39, 0.29) is 35.9 Å². The molecule has 1 aliphatic rings. The van der Waals surface area contributed by atoms with E-state index in [1.165, 1.54) is 0 Å². The molecule has 5 nitrogen and oxygen atoms in total. The van der Waals surface area contributed by atoms with Crippen molar-refractivity contribution in [1.82, 2.24) is 10.2 Å². The predicted molar refractivity (Wildman–Crippen MR) is 104 cm³/mol. The quantitative estimate of drug-likeness (QED) is 0.703. The minimum atomic E-state index is -3.36. The maximum absolute atomic E-state index is 12.5. The Bertz CT molecular complexity index is 616. The number of aryl methyl sites for hydroxylation is 1. The summed E-state index contributed by atoms with van der Waals surface area (Å²) in [5.41, 5.74) is 1.13. The molecule has 1 aliphatic heterocycles. The van der Waals surface area contributed by atoms with E-state index in [9.17, 15) is 13.2 Å². The van der Waals surface area contributed by atoms with Crippen LogP contribution in [-0.2, 0) is 21.1 Å². The van der Waals surface area contributed by atoms with Crippen molar-refractivity contribution in [2.45, 2.75) is 38.6 Å². The fraction of sp³-hybridized carbons (Fsp3) is 0.611. The summed E-state index contributed by atoms with van der Waals surface area (Å²) in [6.45, 7) is 4.30. The zero-order valence-electron chi connectivity index (χ0n) is 14.8. The minimum Gasteiger partial charge on any atom is -0.338 e. The summed E-state index contributed by atoms with van der Waals surface area (Å²) in [5.74, 6) is -0.542. The van der Waals surface area contributed by atoms with Crippen LogP contribution in [0.4, 0.5) is 0 Å². The van der Waals surface area contributed by atoms with E-state index in [2.05, 4.69) is 5.32 Å². The predicted octanol–water partition coefficient (Wildman–Crippen LogP) is 2.06. The highest BCUT2D eigenvalue weighted by Crippen LogP contribution is 2.12. The van der Waals surface area contributed by atoms with Crippen molar-refractivity contribution in [3.05, 3.63) is 35.9 Å². The molecule has 1 unspecified atom stereocenters. The van der Waals surface area contributed by atoms with Gasteiger partial charge in [-0.1, -0.05) is 37.3 Å². The van der Waals surface area contributed by atoms with E-state index in [0.29, 0.717) is 13.0 Å². The lowest BCUT2D eigenvalue weighted by Crippen LogP contribution is -2.45. The summed E-state index contributed by atoms with van der Waals surface area (Å²) in [6.07, 6.45) is 3.02. The third-order valence-electron chi connectivity index (χ3n) is 4.37. The van der Waals surface area contributed by atoms with Gasteiger partial charge in [0.1, 0.15) is 5.75 Å². The Kier molecular flexibility index (Phi) is 9.46. The lowest BCUT2D eigenvalue weighted by atomic mass is 10.1. The molecule has 1 atom stereocenters. The lowest BCUT2D eigenvalue weighted by molar-refractivity contribution is -0.130. The van der Waals surface area contributed by atoms with Crippen LogP contribution in [-0.4, -0.2) is 56.4 Å². The average Bonchev–Trinajstić information content (AvgIpc) is 3.07. The highest BCUT2D eigenvalue weighted by atomic mass is 35.5. The van der Waals surface area contributed by atoms with E-state index in [1.807, 2.05) is 37.3 Å². The Morgan fingerprint density at radius 1 is 1.28 bits per heavy atom. The van der Waals surface area contributed by atoms with Crippen LogP contribution in [0.25, 0.3) is 0 Å². The van der Waals surface area contributed by atoms with Gasteiger partial charge >= 0.3 is 0 Å². The molecular formula is C18H29ClN2O3S. The van der Waals surface area contributed by atoms with Crippen LogP contribution < -0.4 is 5.32 Å². The van der Waals surface area contributed by atoms with Crippen molar-refractivity contribution < 1.29 is 13.2 Å². The highest BCUT2D eigenvalue weighted by Gasteiger charge is 2.28. The number of amides is 1. The molecule has 1 N–H and O–H groups in total. The first-order chi connectivity index (χ1) is 11.5. The van der Waals surface area contributed by atoms with Gasteiger partial charge < -0.3 is 10.2 Å². The molecule has 142 valence electrons. The van der Waals surface area contributed by atoms with Gasteiger partial charge in [0.05, 0.1) is 5.75 Å². The van der Waals surface area contributed by atoms with Gasteiger partial charge in [0.15, 0.2) is 9.84 Å². The maximum Gasteiger partial charge on any atom is 0.238 e. The number of carbonyl (C=O) groups is 1. The number of sulfone groups is 1. The molecule has 1 amide bonds. The zero-order chi connectivity index (χ0) is 17.4. The number of hydrogen-bond donors (Lipinski definition) is 1. The molecule has 0 radical (unpaired) electrons. The topological polar surface area (TPSA) is 66.5 Å². The first-order valence-corrected chi connectivity index (χ1v) is 10.6. The molecule has 2 rings (SSSR count). The Morgan fingerprint density at radius 2 is 2.00 bits per heavy atom. The van der Waals surface area contributed by atoms with Gasteiger partial charge in [-0.25, -0.2) is 8.42 Å². The first kappa shape index (κ1) is 21.9. The molecule has 1 saturated heterocycles. The molecule has 0 spiro atoms. The summed E-state index contributed by atoms with van der Waals surface area (Å²) >= 11 is 0. The molecule has 1 aromatic carbocycles. The molecule has 1 aromatic rings. The largest absolute Gasteiger partial charge is 0.338 e. The molecule has 0 saturated carbocycles. The van der Waals surface area contributed by atoms with E-state index >= 15 is 0 Å². The molecule has 1 heterocycles. The molecular weight excluding hydrogens is 360 g/mol. The Morgan fingerprint density at radius 3 is 2.60 bits per heavy atom. The minimum absolute atomic E-state index is 0. The normalized spacial score (nSPS) is 17.1. The van der Waals surface area contributed by atoms with Gasteiger partial charge in [-0.05, 0) is 37.8 Å². The van der Waals surface area contributed by atoms with Crippen molar-refractivity contribution in [3.8, 4) is 0 Å². The second-order valence-corrected chi connectivity index (χ2v) is 8.60. The summed E-state index contributed by atoms with van der Waals surface area (Å²) in [4.78, 5) is 14.2. The highest BCUT2D eigenvalue weighted by molar-refractivity contribution is 7.92. The molecule has 0 aromatic heterocycles. The summed E-state index contributed by atoms with van der Waals surface area (Å²) in [6, 6.07) is 9.97. The average molecular weight is 389 g/mol. The molecule has 1 fully saturated rings. The molecule has 0 bridgehead atoms. The summed E-state index contributed by atoms with van der Waals surface area (Å²) in [7, 11) is -3.36. The number of hydrogen-bond acceptors (Lipinski definition) is 4. The third-order valence-corrected chi connectivity index (χ3v) is 5.96. The van der Waals surface area contributed by atoms with Gasteiger partial charge in [-0.15, -0.1) is 12.4 Å². The van der Waals surface area contributed by atoms with Crippen LogP contribution in [0.5, 0.6) is 0 Å². The van der Waals surface area contributed by atoms with E-state index < -0.39 is 9.84 Å². The van der Waals surface area contributed by atoms with Gasteiger partial charge in [0, 0.05) is 19.1 Å². The van der Waals surface area contributed by atoms with Crippen molar-refractivity contribution in [1.29, 1.82) is 0 Å². The fourth-order valence-corrected chi connectivity index (χ4v) is 4.41. The Hall–Kier alpha value is -1.11. The van der Waals surface area contributed by atoms with Crippen molar-refractivity contribution in [2.75, 3.05) is 31.1 Å². The second kappa shape index (κ2) is 10.8. The summed E-state index contributed by atoms with van der Waals surface area (Å²) < 4.78 is 24.6. The zero-order valence-corrected chi connectivity index (χ0v) is 16.4. The molecule has 25 heavy (non-hydrogen) atoms. The van der Waals surface area contributed by atoms with E-state index in [0.717, 1.165) is 37.9 Å². The second-order valence-electron chi connectivity index (χ2n) is 6.41. The number of benzene rings is 1. The van der Waals surface area contributed by atoms with Crippen molar-refractivity contribution in [2.24, 2.45) is 0 Å². The van der Waals surface area contributed by atoms with Crippen LogP contribution in [0.1, 0.15) is 31.7 Å². The van der Waals surface area contributed by atoms with Gasteiger partial charge in [-0.3, -0.25) is 4.79 Å². The smallest absolute Gasteiger partial charge is 0.238 e.